The molecule has 0 spiro atoms. The Morgan fingerprint density at radius 1 is 1.33 bits per heavy atom. The first-order valence-corrected chi connectivity index (χ1v) is 4.38. The first-order valence-electron chi connectivity index (χ1n) is 4.38. The predicted molar refractivity (Wildman–Crippen MR) is 39.9 cm³/mol. The van der Waals surface area contributed by atoms with E-state index in [0.717, 1.165) is 6.54 Å². The van der Waals surface area contributed by atoms with E-state index < -0.39 is 0 Å². The summed E-state index contributed by atoms with van der Waals surface area (Å²) < 4.78 is 5.66. The molecule has 0 aromatic rings. The lowest BCUT2D eigenvalue weighted by atomic mass is 9.97. The number of rotatable bonds is 0. The van der Waals surface area contributed by atoms with Gasteiger partial charge in [-0.1, -0.05) is 0 Å². The molecule has 0 N–H and O–H groups in total. The van der Waals surface area contributed by atoms with Crippen molar-refractivity contribution in [2.75, 3.05) is 6.54 Å². The normalized spacial score (nSPS) is 49.8. The SMILES string of the molecule is O=C1CC2OC(C1)C1N=NCC21. The zero-order valence-electron chi connectivity index (χ0n) is 6.64. The van der Waals surface area contributed by atoms with E-state index in [1.807, 2.05) is 0 Å². The van der Waals surface area contributed by atoms with Crippen LogP contribution in [0.5, 0.6) is 0 Å². The average molecular weight is 166 g/mol. The third-order valence-corrected chi connectivity index (χ3v) is 3.01. The molecule has 4 heteroatoms. The van der Waals surface area contributed by atoms with E-state index in [-0.39, 0.29) is 18.2 Å². The summed E-state index contributed by atoms with van der Waals surface area (Å²) in [6.07, 6.45) is 1.31. The molecule has 0 aromatic heterocycles. The molecule has 3 aliphatic heterocycles. The molecule has 0 aromatic carbocycles. The molecule has 2 fully saturated rings. The molecule has 3 aliphatic rings. The molecule has 0 radical (unpaired) electrons. The molecule has 4 atom stereocenters. The molecule has 64 valence electrons. The van der Waals surface area contributed by atoms with Gasteiger partial charge in [-0.05, 0) is 0 Å². The number of fused-ring (bicyclic) bond motifs is 5. The zero-order valence-corrected chi connectivity index (χ0v) is 6.64. The average Bonchev–Trinajstić information content (AvgIpc) is 2.56. The van der Waals surface area contributed by atoms with Gasteiger partial charge in [0.1, 0.15) is 11.8 Å². The molecule has 3 rings (SSSR count). The quantitative estimate of drug-likeness (QED) is 0.528. The van der Waals surface area contributed by atoms with Crippen LogP contribution >= 0.6 is 0 Å². The largest absolute Gasteiger partial charge is 0.371 e. The summed E-state index contributed by atoms with van der Waals surface area (Å²) in [6, 6.07) is 0.196. The number of carbonyl (C=O) groups excluding carboxylic acids is 1. The van der Waals surface area contributed by atoms with Gasteiger partial charge in [0, 0.05) is 18.8 Å². The maximum atomic E-state index is 11.2. The number of hydrogen-bond acceptors (Lipinski definition) is 4. The number of Topliss-reactive ketones (excluding diaryl/α,β-unsaturated/α-hetero) is 1. The Balaban J connectivity index is 1.94. The van der Waals surface area contributed by atoms with E-state index in [1.165, 1.54) is 0 Å². The minimum Gasteiger partial charge on any atom is -0.371 e. The highest BCUT2D eigenvalue weighted by Crippen LogP contribution is 2.40. The van der Waals surface area contributed by atoms with Crippen LogP contribution in [0.2, 0.25) is 0 Å². The highest BCUT2D eigenvalue weighted by Gasteiger charge is 2.51. The third-order valence-electron chi connectivity index (χ3n) is 3.01. The van der Waals surface area contributed by atoms with E-state index in [2.05, 4.69) is 10.2 Å². The Kier molecular flexibility index (Phi) is 1.19. The molecule has 12 heavy (non-hydrogen) atoms. The molecular formula is C8H10N2O2. The molecule has 4 unspecified atom stereocenters. The molecule has 4 nitrogen and oxygen atoms in total. The molecule has 2 saturated heterocycles. The van der Waals surface area contributed by atoms with Gasteiger partial charge < -0.3 is 4.74 Å². The van der Waals surface area contributed by atoms with Crippen molar-refractivity contribution in [3.05, 3.63) is 0 Å². The first kappa shape index (κ1) is 6.71. The van der Waals surface area contributed by atoms with E-state index in [9.17, 15) is 4.79 Å². The summed E-state index contributed by atoms with van der Waals surface area (Å²) in [5, 5.41) is 8.13. The van der Waals surface area contributed by atoms with Gasteiger partial charge in [0.25, 0.3) is 0 Å². The Labute approximate surface area is 70.0 Å². The standard InChI is InChI=1S/C8H10N2O2/c11-4-1-6-5-3-9-10-8(5)7(2-4)12-6/h5-8H,1-3H2. The number of azo groups is 1. The monoisotopic (exact) mass is 166 g/mol. The Bertz CT molecular complexity index is 264. The molecule has 0 aliphatic carbocycles. The minimum atomic E-state index is 0.0486. The van der Waals surface area contributed by atoms with Crippen LogP contribution in [0.4, 0.5) is 0 Å². The topological polar surface area (TPSA) is 51.0 Å². The van der Waals surface area contributed by atoms with Gasteiger partial charge in [-0.25, -0.2) is 0 Å². The summed E-state index contributed by atoms with van der Waals surface area (Å²) in [6.45, 7) is 0.763. The molecule has 2 bridgehead atoms. The van der Waals surface area contributed by atoms with Gasteiger partial charge in [-0.3, -0.25) is 4.79 Å². The van der Waals surface area contributed by atoms with Crippen molar-refractivity contribution < 1.29 is 9.53 Å². The fourth-order valence-electron chi connectivity index (χ4n) is 2.42. The van der Waals surface area contributed by atoms with Crippen molar-refractivity contribution in [1.82, 2.24) is 0 Å². The molecular weight excluding hydrogens is 156 g/mol. The van der Waals surface area contributed by atoms with E-state index >= 15 is 0 Å². The summed E-state index contributed by atoms with van der Waals surface area (Å²) >= 11 is 0. The van der Waals surface area contributed by atoms with Gasteiger partial charge in [-0.15, -0.1) is 0 Å². The predicted octanol–water partition coefficient (Wildman–Crippen LogP) is 0.567. The van der Waals surface area contributed by atoms with Crippen molar-refractivity contribution in [1.29, 1.82) is 0 Å². The summed E-state index contributed by atoms with van der Waals surface area (Å²) in [5.74, 6) is 0.738. The zero-order chi connectivity index (χ0) is 8.13. The van der Waals surface area contributed by atoms with Crippen molar-refractivity contribution in [3.8, 4) is 0 Å². The summed E-state index contributed by atoms with van der Waals surface area (Å²) in [5.41, 5.74) is 0. The maximum Gasteiger partial charge on any atom is 0.138 e. The van der Waals surface area contributed by atoms with Gasteiger partial charge >= 0.3 is 0 Å². The van der Waals surface area contributed by atoms with E-state index in [1.54, 1.807) is 0 Å². The first-order chi connectivity index (χ1) is 5.84. The van der Waals surface area contributed by atoms with Crippen LogP contribution in [-0.4, -0.2) is 30.6 Å². The molecule has 0 saturated carbocycles. The second kappa shape index (κ2) is 2.13. The highest BCUT2D eigenvalue weighted by molar-refractivity contribution is 5.80. The van der Waals surface area contributed by atoms with Crippen molar-refractivity contribution >= 4 is 5.78 Å². The highest BCUT2D eigenvalue weighted by atomic mass is 16.5. The second-order valence-electron chi connectivity index (χ2n) is 3.75. The van der Waals surface area contributed by atoms with Crippen LogP contribution in [0.1, 0.15) is 12.8 Å². The van der Waals surface area contributed by atoms with Gasteiger partial charge in [0.15, 0.2) is 0 Å². The number of ether oxygens (including phenoxy) is 1. The lowest BCUT2D eigenvalue weighted by molar-refractivity contribution is -0.130. The van der Waals surface area contributed by atoms with Crippen LogP contribution < -0.4 is 0 Å². The lowest BCUT2D eigenvalue weighted by Crippen LogP contribution is -2.28. The smallest absolute Gasteiger partial charge is 0.138 e. The van der Waals surface area contributed by atoms with E-state index in [4.69, 9.17) is 4.74 Å². The fraction of sp³-hybridized carbons (Fsp3) is 0.875. The van der Waals surface area contributed by atoms with E-state index in [0.29, 0.717) is 24.5 Å². The van der Waals surface area contributed by atoms with Gasteiger partial charge in [0.2, 0.25) is 0 Å². The Hall–Kier alpha value is -0.770. The van der Waals surface area contributed by atoms with Crippen molar-refractivity contribution in [2.24, 2.45) is 16.1 Å². The third kappa shape index (κ3) is 0.732. The van der Waals surface area contributed by atoms with Crippen LogP contribution in [-0.2, 0) is 9.53 Å². The van der Waals surface area contributed by atoms with Crippen LogP contribution in [0.15, 0.2) is 10.2 Å². The number of hydrogen-bond donors (Lipinski definition) is 0. The lowest BCUT2D eigenvalue weighted by Gasteiger charge is -2.20. The fourth-order valence-corrected chi connectivity index (χ4v) is 2.42. The maximum absolute atomic E-state index is 11.2. The molecule has 0 amide bonds. The Morgan fingerprint density at radius 2 is 2.17 bits per heavy atom. The van der Waals surface area contributed by atoms with Crippen molar-refractivity contribution in [3.63, 3.8) is 0 Å². The van der Waals surface area contributed by atoms with Gasteiger partial charge in [-0.2, -0.15) is 10.2 Å². The van der Waals surface area contributed by atoms with Crippen LogP contribution in [0.25, 0.3) is 0 Å². The van der Waals surface area contributed by atoms with Crippen LogP contribution in [0, 0.1) is 5.92 Å². The minimum absolute atomic E-state index is 0.0486. The van der Waals surface area contributed by atoms with Crippen LogP contribution in [0.3, 0.4) is 0 Å². The molecule has 3 heterocycles. The summed E-state index contributed by atoms with van der Waals surface area (Å²) in [4.78, 5) is 11.2. The number of ketones is 1. The van der Waals surface area contributed by atoms with Crippen molar-refractivity contribution in [2.45, 2.75) is 31.1 Å². The summed E-state index contributed by atoms with van der Waals surface area (Å²) in [7, 11) is 0. The number of carbonyl (C=O) groups is 1. The van der Waals surface area contributed by atoms with Gasteiger partial charge in [0.05, 0.1) is 18.8 Å². The number of nitrogens with zero attached hydrogens (tertiary/aromatic N) is 2. The second-order valence-corrected chi connectivity index (χ2v) is 3.75. The Morgan fingerprint density at radius 3 is 3.08 bits per heavy atom.